The normalized spacial score (nSPS) is 11.1. The van der Waals surface area contributed by atoms with Crippen LogP contribution in [0.3, 0.4) is 0 Å². The van der Waals surface area contributed by atoms with Crippen LogP contribution in [0.1, 0.15) is 16.2 Å². The molecule has 2 aromatic rings. The summed E-state index contributed by atoms with van der Waals surface area (Å²) in [5.41, 5.74) is 0.229. The van der Waals surface area contributed by atoms with Crippen LogP contribution in [0.25, 0.3) is 0 Å². The van der Waals surface area contributed by atoms with Crippen LogP contribution in [0.2, 0.25) is 0 Å². The number of nitrogens with two attached hydrogens (primary N) is 1. The third-order valence-electron chi connectivity index (χ3n) is 2.51. The fourth-order valence-corrected chi connectivity index (χ4v) is 1.55. The van der Waals surface area contributed by atoms with Crippen molar-refractivity contribution in [2.24, 2.45) is 5.84 Å². The highest BCUT2D eigenvalue weighted by Gasteiger charge is 2.34. The van der Waals surface area contributed by atoms with Gasteiger partial charge < -0.3 is 4.74 Å². The molecule has 1 amide bonds. The zero-order valence-corrected chi connectivity index (χ0v) is 11.3. The van der Waals surface area contributed by atoms with Crippen LogP contribution in [0.15, 0.2) is 36.5 Å². The van der Waals surface area contributed by atoms with E-state index >= 15 is 0 Å². The topological polar surface area (TPSA) is 81.3 Å². The number of carbonyl (C=O) groups excluding carboxylic acids is 1. The van der Waals surface area contributed by atoms with Gasteiger partial charge in [0.2, 0.25) is 11.7 Å². The molecule has 0 atom stereocenters. The van der Waals surface area contributed by atoms with Crippen LogP contribution < -0.4 is 10.6 Å². The Morgan fingerprint density at radius 3 is 2.68 bits per heavy atom. The molecule has 0 fully saturated rings. The van der Waals surface area contributed by atoms with E-state index in [-0.39, 0.29) is 17.2 Å². The Morgan fingerprint density at radius 1 is 1.32 bits per heavy atom. The summed E-state index contributed by atoms with van der Waals surface area (Å²) in [5.74, 6) is 3.43. The van der Waals surface area contributed by atoms with Crippen LogP contribution >= 0.6 is 0 Å². The lowest BCUT2D eigenvalue weighted by Gasteiger charge is -2.11. The Bertz CT molecular complexity index is 689. The number of aromatic nitrogens is 2. The molecule has 9 heteroatoms. The third-order valence-corrected chi connectivity index (χ3v) is 2.51. The lowest BCUT2D eigenvalue weighted by Crippen LogP contribution is -2.33. The first-order valence-corrected chi connectivity index (χ1v) is 5.98. The van der Waals surface area contributed by atoms with Gasteiger partial charge in [0, 0.05) is 24.9 Å². The van der Waals surface area contributed by atoms with Crippen LogP contribution in [-0.2, 0) is 6.18 Å². The van der Waals surface area contributed by atoms with E-state index in [0.717, 1.165) is 11.2 Å². The first kappa shape index (κ1) is 15.7. The second kappa shape index (κ2) is 5.98. The van der Waals surface area contributed by atoms with Crippen molar-refractivity contribution in [1.29, 1.82) is 0 Å². The van der Waals surface area contributed by atoms with Gasteiger partial charge in [0.05, 0.1) is 0 Å². The summed E-state index contributed by atoms with van der Waals surface area (Å²) >= 11 is 0. The SMILES string of the molecule is CN(N)C(=O)c1cccc(Oc2ccnc(C(F)(F)F)n2)c1. The highest BCUT2D eigenvalue weighted by Crippen LogP contribution is 2.28. The van der Waals surface area contributed by atoms with Crippen LogP contribution in [-0.4, -0.2) is 27.9 Å². The van der Waals surface area contributed by atoms with Gasteiger partial charge in [0.15, 0.2) is 0 Å². The predicted molar refractivity (Wildman–Crippen MR) is 69.8 cm³/mol. The minimum absolute atomic E-state index is 0.152. The Morgan fingerprint density at radius 2 is 2.05 bits per heavy atom. The van der Waals surface area contributed by atoms with Gasteiger partial charge in [-0.3, -0.25) is 9.80 Å². The van der Waals surface area contributed by atoms with Crippen molar-refractivity contribution in [3.05, 3.63) is 47.9 Å². The number of nitrogens with zero attached hydrogens (tertiary/aromatic N) is 3. The van der Waals surface area contributed by atoms with Crippen molar-refractivity contribution in [3.63, 3.8) is 0 Å². The van der Waals surface area contributed by atoms with Crippen molar-refractivity contribution >= 4 is 5.91 Å². The standard InChI is InChI=1S/C13H11F3N4O2/c1-20(17)11(21)8-3-2-4-9(7-8)22-10-5-6-18-12(19-10)13(14,15)16/h2-7H,17H2,1H3. The van der Waals surface area contributed by atoms with E-state index in [1.807, 2.05) is 0 Å². The number of hydrogen-bond donors (Lipinski definition) is 1. The largest absolute Gasteiger partial charge is 0.451 e. The number of alkyl halides is 3. The second-order valence-corrected chi connectivity index (χ2v) is 4.26. The summed E-state index contributed by atoms with van der Waals surface area (Å²) in [5, 5.41) is 0.881. The molecule has 2 N–H and O–H groups in total. The van der Waals surface area contributed by atoms with Crippen molar-refractivity contribution < 1.29 is 22.7 Å². The number of halogens is 3. The fraction of sp³-hybridized carbons (Fsp3) is 0.154. The number of hydrazine groups is 1. The van der Waals surface area contributed by atoms with Crippen LogP contribution in [0.4, 0.5) is 13.2 Å². The minimum Gasteiger partial charge on any atom is -0.439 e. The smallest absolute Gasteiger partial charge is 0.439 e. The van der Waals surface area contributed by atoms with E-state index in [2.05, 4.69) is 9.97 Å². The van der Waals surface area contributed by atoms with Crippen molar-refractivity contribution in [2.75, 3.05) is 7.05 Å². The summed E-state index contributed by atoms with van der Waals surface area (Å²) in [6.45, 7) is 0. The average Bonchev–Trinajstić information content (AvgIpc) is 2.46. The number of ether oxygens (including phenoxy) is 1. The maximum absolute atomic E-state index is 12.5. The van der Waals surface area contributed by atoms with Gasteiger partial charge in [-0.2, -0.15) is 18.2 Å². The highest BCUT2D eigenvalue weighted by molar-refractivity contribution is 5.94. The maximum Gasteiger partial charge on any atom is 0.451 e. The summed E-state index contributed by atoms with van der Waals surface area (Å²) in [6, 6.07) is 7.01. The number of amides is 1. The average molecular weight is 312 g/mol. The third kappa shape index (κ3) is 3.70. The maximum atomic E-state index is 12.5. The first-order chi connectivity index (χ1) is 10.3. The quantitative estimate of drug-likeness (QED) is 0.534. The fourth-order valence-electron chi connectivity index (χ4n) is 1.55. The summed E-state index contributed by atoms with van der Waals surface area (Å²) in [4.78, 5) is 18.1. The Hall–Kier alpha value is -2.68. The minimum atomic E-state index is -4.67. The zero-order chi connectivity index (χ0) is 16.3. The van der Waals surface area contributed by atoms with Crippen molar-refractivity contribution in [3.8, 4) is 11.6 Å². The van der Waals surface area contributed by atoms with E-state index < -0.39 is 17.9 Å². The lowest BCUT2D eigenvalue weighted by molar-refractivity contribution is -0.145. The van der Waals surface area contributed by atoms with E-state index in [4.69, 9.17) is 10.6 Å². The van der Waals surface area contributed by atoms with Gasteiger partial charge in [-0.15, -0.1) is 0 Å². The van der Waals surface area contributed by atoms with E-state index in [9.17, 15) is 18.0 Å². The van der Waals surface area contributed by atoms with Crippen molar-refractivity contribution in [1.82, 2.24) is 15.0 Å². The number of rotatable bonds is 3. The number of benzene rings is 1. The molecular formula is C13H11F3N4O2. The molecule has 22 heavy (non-hydrogen) atoms. The van der Waals surface area contributed by atoms with Gasteiger partial charge in [-0.25, -0.2) is 10.8 Å². The molecule has 116 valence electrons. The Balaban J connectivity index is 2.25. The molecule has 1 aromatic heterocycles. The van der Waals surface area contributed by atoms with Crippen LogP contribution in [0.5, 0.6) is 11.6 Å². The monoisotopic (exact) mass is 312 g/mol. The van der Waals surface area contributed by atoms with E-state index in [1.54, 1.807) is 0 Å². The molecule has 0 radical (unpaired) electrons. The van der Waals surface area contributed by atoms with Gasteiger partial charge >= 0.3 is 6.18 Å². The molecule has 0 unspecified atom stereocenters. The van der Waals surface area contributed by atoms with Gasteiger partial charge in [-0.05, 0) is 18.2 Å². The molecule has 2 rings (SSSR count). The van der Waals surface area contributed by atoms with Gasteiger partial charge in [0.25, 0.3) is 5.91 Å². The zero-order valence-electron chi connectivity index (χ0n) is 11.3. The van der Waals surface area contributed by atoms with E-state index in [0.29, 0.717) is 0 Å². The molecule has 0 spiro atoms. The second-order valence-electron chi connectivity index (χ2n) is 4.26. The molecule has 0 saturated heterocycles. The summed E-state index contributed by atoms with van der Waals surface area (Å²) in [6.07, 6.45) is -3.73. The summed E-state index contributed by atoms with van der Waals surface area (Å²) in [7, 11) is 1.37. The molecule has 0 aliphatic carbocycles. The molecule has 0 saturated carbocycles. The molecule has 1 heterocycles. The Labute approximate surface area is 123 Å². The molecular weight excluding hydrogens is 301 g/mol. The van der Waals surface area contributed by atoms with Gasteiger partial charge in [0.1, 0.15) is 5.75 Å². The number of carbonyl (C=O) groups is 1. The highest BCUT2D eigenvalue weighted by atomic mass is 19.4. The Kier molecular flexibility index (Phi) is 4.27. The molecule has 0 bridgehead atoms. The lowest BCUT2D eigenvalue weighted by atomic mass is 10.2. The van der Waals surface area contributed by atoms with Gasteiger partial charge in [-0.1, -0.05) is 6.07 Å². The molecule has 6 nitrogen and oxygen atoms in total. The molecule has 1 aromatic carbocycles. The number of hydrogen-bond acceptors (Lipinski definition) is 5. The molecule has 0 aliphatic rings. The molecule has 0 aliphatic heterocycles. The first-order valence-electron chi connectivity index (χ1n) is 5.98. The van der Waals surface area contributed by atoms with Crippen molar-refractivity contribution in [2.45, 2.75) is 6.18 Å². The van der Waals surface area contributed by atoms with E-state index in [1.165, 1.54) is 37.4 Å². The predicted octanol–water partition coefficient (Wildman–Crippen LogP) is 2.23. The summed E-state index contributed by atoms with van der Waals surface area (Å²) < 4.78 is 42.8. The van der Waals surface area contributed by atoms with Crippen LogP contribution in [0, 0.1) is 0 Å².